The number of hydrogen-bond donors (Lipinski definition) is 2. The summed E-state index contributed by atoms with van der Waals surface area (Å²) in [6.45, 7) is 11.5. The van der Waals surface area contributed by atoms with Crippen LogP contribution in [0.25, 0.3) is 0 Å². The van der Waals surface area contributed by atoms with Crippen LogP contribution in [0.2, 0.25) is 0 Å². The average molecular weight is 504 g/mol. The van der Waals surface area contributed by atoms with Gasteiger partial charge in [-0.1, -0.05) is 27.7 Å². The summed E-state index contributed by atoms with van der Waals surface area (Å²) >= 11 is 0. The number of nitrogens with zero attached hydrogens (tertiary/aromatic N) is 4. The molecule has 2 N–H and O–H groups in total. The third-order valence-electron chi connectivity index (χ3n) is 5.61. The van der Waals surface area contributed by atoms with E-state index in [0.29, 0.717) is 12.0 Å². The highest BCUT2D eigenvalue weighted by atomic mass is 127. The minimum atomic E-state index is 0. The van der Waals surface area contributed by atoms with Gasteiger partial charge in [0.2, 0.25) is 0 Å². The number of aryl methyl sites for hydroxylation is 2. The fourth-order valence-corrected chi connectivity index (χ4v) is 4.25. The Kier molecular flexibility index (Phi) is 8.54. The Bertz CT molecular complexity index is 654. The molecule has 0 radical (unpaired) electrons. The summed E-state index contributed by atoms with van der Waals surface area (Å²) in [6, 6.07) is 0.330. The van der Waals surface area contributed by atoms with E-state index in [9.17, 15) is 0 Å². The van der Waals surface area contributed by atoms with Crippen LogP contribution >= 0.6 is 24.0 Å². The zero-order valence-electron chi connectivity index (χ0n) is 18.0. The fourth-order valence-electron chi connectivity index (χ4n) is 4.25. The van der Waals surface area contributed by atoms with Gasteiger partial charge in [0.1, 0.15) is 5.82 Å². The van der Waals surface area contributed by atoms with Crippen molar-refractivity contribution in [2.45, 2.75) is 78.5 Å². The molecule has 28 heavy (non-hydrogen) atoms. The average Bonchev–Trinajstić information content (AvgIpc) is 3.07. The maximum atomic E-state index is 6.10. The predicted molar refractivity (Wildman–Crippen MR) is 123 cm³/mol. The van der Waals surface area contributed by atoms with E-state index < -0.39 is 0 Å². The molecular formula is C20H37IN6O. The summed E-state index contributed by atoms with van der Waals surface area (Å²) in [7, 11) is 1.84. The number of aliphatic imine (C=N–C) groups is 1. The zero-order chi connectivity index (χ0) is 19.4. The highest BCUT2D eigenvalue weighted by molar-refractivity contribution is 14.0. The molecular weight excluding hydrogens is 467 g/mol. The van der Waals surface area contributed by atoms with Crippen LogP contribution in [-0.4, -0.2) is 53.1 Å². The molecule has 1 aromatic heterocycles. The van der Waals surface area contributed by atoms with Gasteiger partial charge in [0, 0.05) is 45.0 Å². The Balaban J connectivity index is 0.00000280. The monoisotopic (exact) mass is 504 g/mol. The first-order valence-corrected chi connectivity index (χ1v) is 10.4. The molecule has 0 bridgehead atoms. The smallest absolute Gasteiger partial charge is 0.191 e. The van der Waals surface area contributed by atoms with Crippen LogP contribution in [0.1, 0.15) is 58.6 Å². The molecule has 3 unspecified atom stereocenters. The largest absolute Gasteiger partial charge is 0.377 e. The topological polar surface area (TPSA) is 76.4 Å². The number of ether oxygens (including phenoxy) is 1. The zero-order valence-corrected chi connectivity index (χ0v) is 20.3. The Morgan fingerprint density at radius 1 is 1.32 bits per heavy atom. The molecule has 0 spiro atoms. The molecule has 160 valence electrons. The van der Waals surface area contributed by atoms with Crippen molar-refractivity contribution in [2.24, 2.45) is 16.3 Å². The van der Waals surface area contributed by atoms with E-state index in [4.69, 9.17) is 4.74 Å². The number of halogens is 1. The summed E-state index contributed by atoms with van der Waals surface area (Å²) in [5.74, 6) is 3.44. The molecule has 8 heteroatoms. The minimum Gasteiger partial charge on any atom is -0.377 e. The van der Waals surface area contributed by atoms with E-state index in [0.717, 1.165) is 63.0 Å². The number of guanidine groups is 1. The molecule has 1 saturated heterocycles. The van der Waals surface area contributed by atoms with E-state index in [2.05, 4.69) is 58.1 Å². The third kappa shape index (κ3) is 5.81. The fraction of sp³-hybridized carbons (Fsp3) is 0.850. The molecule has 1 fully saturated rings. The van der Waals surface area contributed by atoms with Crippen molar-refractivity contribution >= 4 is 29.9 Å². The summed E-state index contributed by atoms with van der Waals surface area (Å²) < 4.78 is 8.16. The van der Waals surface area contributed by atoms with E-state index in [1.807, 2.05) is 7.05 Å². The van der Waals surface area contributed by atoms with Gasteiger partial charge in [0.25, 0.3) is 0 Å². The van der Waals surface area contributed by atoms with Crippen molar-refractivity contribution in [1.29, 1.82) is 0 Å². The Morgan fingerprint density at radius 2 is 2.11 bits per heavy atom. The van der Waals surface area contributed by atoms with Crippen molar-refractivity contribution in [3.05, 3.63) is 11.6 Å². The second kappa shape index (κ2) is 10.2. The number of rotatable bonds is 4. The second-order valence-electron chi connectivity index (χ2n) is 8.87. The van der Waals surface area contributed by atoms with Gasteiger partial charge in [-0.15, -0.1) is 24.0 Å². The van der Waals surface area contributed by atoms with Gasteiger partial charge in [0.15, 0.2) is 11.8 Å². The highest BCUT2D eigenvalue weighted by Gasteiger charge is 2.35. The summed E-state index contributed by atoms with van der Waals surface area (Å²) in [4.78, 5) is 9.04. The Morgan fingerprint density at radius 3 is 2.79 bits per heavy atom. The lowest BCUT2D eigenvalue weighted by molar-refractivity contribution is -0.0835. The van der Waals surface area contributed by atoms with Crippen LogP contribution in [-0.2, 0) is 24.1 Å². The van der Waals surface area contributed by atoms with E-state index >= 15 is 0 Å². The van der Waals surface area contributed by atoms with E-state index in [1.165, 1.54) is 6.42 Å². The maximum Gasteiger partial charge on any atom is 0.191 e. The Labute approximate surface area is 186 Å². The number of fused-ring (bicyclic) bond motifs is 1. The first-order valence-electron chi connectivity index (χ1n) is 10.4. The molecule has 3 rings (SSSR count). The van der Waals surface area contributed by atoms with Gasteiger partial charge < -0.3 is 15.4 Å². The number of hydrogen-bond acceptors (Lipinski definition) is 4. The summed E-state index contributed by atoms with van der Waals surface area (Å²) in [6.07, 6.45) is 5.54. The predicted octanol–water partition coefficient (Wildman–Crippen LogP) is 2.78. The van der Waals surface area contributed by atoms with Crippen molar-refractivity contribution in [1.82, 2.24) is 25.4 Å². The quantitative estimate of drug-likeness (QED) is 0.375. The third-order valence-corrected chi connectivity index (χ3v) is 5.61. The molecule has 2 aliphatic heterocycles. The van der Waals surface area contributed by atoms with Crippen LogP contribution in [0.5, 0.6) is 0 Å². The lowest BCUT2D eigenvalue weighted by Crippen LogP contribution is -2.50. The maximum absolute atomic E-state index is 6.10. The molecule has 0 saturated carbocycles. The molecule has 3 atom stereocenters. The van der Waals surface area contributed by atoms with Gasteiger partial charge >= 0.3 is 0 Å². The molecule has 3 heterocycles. The molecule has 0 aromatic carbocycles. The van der Waals surface area contributed by atoms with Crippen molar-refractivity contribution in [2.75, 3.05) is 20.2 Å². The van der Waals surface area contributed by atoms with Gasteiger partial charge in [-0.2, -0.15) is 5.10 Å². The van der Waals surface area contributed by atoms with Gasteiger partial charge in [0.05, 0.1) is 12.6 Å². The van der Waals surface area contributed by atoms with Crippen molar-refractivity contribution < 1.29 is 4.74 Å². The normalized spacial score (nSPS) is 25.6. The van der Waals surface area contributed by atoms with Crippen molar-refractivity contribution in [3.8, 4) is 0 Å². The number of nitrogens with one attached hydrogen (secondary N) is 2. The van der Waals surface area contributed by atoms with Crippen LogP contribution in [0.3, 0.4) is 0 Å². The van der Waals surface area contributed by atoms with Crippen LogP contribution < -0.4 is 10.6 Å². The summed E-state index contributed by atoms with van der Waals surface area (Å²) in [5, 5.41) is 11.7. The molecule has 0 aliphatic carbocycles. The van der Waals surface area contributed by atoms with Crippen LogP contribution in [0, 0.1) is 11.3 Å². The van der Waals surface area contributed by atoms with Crippen LogP contribution in [0.4, 0.5) is 0 Å². The van der Waals surface area contributed by atoms with Crippen molar-refractivity contribution in [3.63, 3.8) is 0 Å². The Hall–Kier alpha value is -0.900. The minimum absolute atomic E-state index is 0. The van der Waals surface area contributed by atoms with Gasteiger partial charge in [-0.25, -0.2) is 9.67 Å². The lowest BCUT2D eigenvalue weighted by atomic mass is 9.78. The second-order valence-corrected chi connectivity index (χ2v) is 8.87. The highest BCUT2D eigenvalue weighted by Crippen LogP contribution is 2.33. The number of aromatic nitrogens is 3. The molecule has 1 aromatic rings. The standard InChI is InChI=1S/C20H36N6O.HI/c1-6-16-24-17-10-9-15(13-26(17)25-16)23-19(21-5)22-12-14-8-7-11-27-18(14)20(2,3)4;/h14-15,18H,6-13H2,1-5H3,(H2,21,22,23);1H. The first-order chi connectivity index (χ1) is 12.9. The van der Waals surface area contributed by atoms with Gasteiger partial charge in [-0.3, -0.25) is 4.99 Å². The van der Waals surface area contributed by atoms with E-state index in [-0.39, 0.29) is 35.5 Å². The molecule has 7 nitrogen and oxygen atoms in total. The molecule has 0 amide bonds. The SMILES string of the molecule is CCc1nc2n(n1)CC(NC(=NC)NCC1CCCOC1C(C)(C)C)CC2.I. The van der Waals surface area contributed by atoms with E-state index in [1.54, 1.807) is 0 Å². The lowest BCUT2D eigenvalue weighted by Gasteiger charge is -2.40. The van der Waals surface area contributed by atoms with Gasteiger partial charge in [-0.05, 0) is 24.7 Å². The summed E-state index contributed by atoms with van der Waals surface area (Å²) in [5.41, 5.74) is 0.160. The molecule has 2 aliphatic rings. The first kappa shape index (κ1) is 23.4. The van der Waals surface area contributed by atoms with Crippen LogP contribution in [0.15, 0.2) is 4.99 Å².